The van der Waals surface area contributed by atoms with Gasteiger partial charge in [0.15, 0.2) is 5.13 Å². The van der Waals surface area contributed by atoms with Gasteiger partial charge < -0.3 is 15.0 Å². The molecule has 2 heterocycles. The third-order valence-electron chi connectivity index (χ3n) is 4.29. The van der Waals surface area contributed by atoms with Gasteiger partial charge in [0, 0.05) is 11.8 Å². The van der Waals surface area contributed by atoms with E-state index in [1.807, 2.05) is 48.5 Å². The summed E-state index contributed by atoms with van der Waals surface area (Å²) in [5.74, 6) is 0.772. The van der Waals surface area contributed by atoms with Gasteiger partial charge in [-0.25, -0.2) is 9.78 Å². The summed E-state index contributed by atoms with van der Waals surface area (Å²) in [5.41, 5.74) is 1.50. The number of hydrogen-bond acceptors (Lipinski definition) is 6. The first-order valence-corrected chi connectivity index (χ1v) is 9.49. The zero-order valence-electron chi connectivity index (χ0n) is 15.1. The van der Waals surface area contributed by atoms with Crippen LogP contribution >= 0.6 is 11.3 Å². The van der Waals surface area contributed by atoms with E-state index < -0.39 is 5.69 Å². The van der Waals surface area contributed by atoms with Gasteiger partial charge in [-0.15, -0.1) is 0 Å². The van der Waals surface area contributed by atoms with Crippen LogP contribution in [0.3, 0.4) is 0 Å². The lowest BCUT2D eigenvalue weighted by Crippen LogP contribution is -2.36. The van der Waals surface area contributed by atoms with E-state index in [4.69, 9.17) is 4.74 Å². The van der Waals surface area contributed by atoms with E-state index in [1.165, 1.54) is 22.0 Å². The molecule has 2 aromatic carbocycles. The number of H-pyrrole nitrogens is 1. The van der Waals surface area contributed by atoms with Crippen LogP contribution < -0.4 is 21.3 Å². The van der Waals surface area contributed by atoms with Crippen LogP contribution in [-0.4, -0.2) is 21.6 Å². The van der Waals surface area contributed by atoms with Gasteiger partial charge >= 0.3 is 5.69 Å². The maximum Gasteiger partial charge on any atom is 0.328 e. The molecule has 142 valence electrons. The summed E-state index contributed by atoms with van der Waals surface area (Å²) in [6.45, 7) is 0.538. The molecule has 28 heavy (non-hydrogen) atoms. The highest BCUT2D eigenvalue weighted by molar-refractivity contribution is 7.22. The molecular weight excluding hydrogens is 376 g/mol. The van der Waals surface area contributed by atoms with Gasteiger partial charge in [0.1, 0.15) is 5.75 Å². The SMILES string of the molecule is COc1ccc2nc(NCc3cc(=O)n(Cc4ccccc4)c(=O)[nH]3)sc2c1. The summed E-state index contributed by atoms with van der Waals surface area (Å²) >= 11 is 1.48. The summed E-state index contributed by atoms with van der Waals surface area (Å²) in [6, 6.07) is 16.5. The second kappa shape index (κ2) is 7.69. The smallest absolute Gasteiger partial charge is 0.328 e. The molecular formula is C20H18N4O3S. The molecule has 0 bridgehead atoms. The molecule has 0 amide bonds. The van der Waals surface area contributed by atoms with E-state index in [1.54, 1.807) is 7.11 Å². The Balaban J connectivity index is 1.51. The molecule has 4 aromatic rings. The molecule has 7 nitrogen and oxygen atoms in total. The Morgan fingerprint density at radius 1 is 1.14 bits per heavy atom. The van der Waals surface area contributed by atoms with Gasteiger partial charge in [-0.2, -0.15) is 0 Å². The van der Waals surface area contributed by atoms with Crippen molar-refractivity contribution < 1.29 is 4.74 Å². The molecule has 0 fully saturated rings. The van der Waals surface area contributed by atoms with Gasteiger partial charge in [0.05, 0.1) is 30.4 Å². The van der Waals surface area contributed by atoms with Crippen molar-refractivity contribution in [2.24, 2.45) is 0 Å². The van der Waals surface area contributed by atoms with E-state index >= 15 is 0 Å². The highest BCUT2D eigenvalue weighted by atomic mass is 32.1. The molecule has 0 aliphatic rings. The predicted octanol–water partition coefficient (Wildman–Crippen LogP) is 2.82. The molecule has 0 spiro atoms. The van der Waals surface area contributed by atoms with Crippen molar-refractivity contribution in [2.75, 3.05) is 12.4 Å². The van der Waals surface area contributed by atoms with Gasteiger partial charge in [-0.1, -0.05) is 41.7 Å². The molecule has 2 aromatic heterocycles. The predicted molar refractivity (Wildman–Crippen MR) is 110 cm³/mol. The molecule has 0 aliphatic heterocycles. The molecule has 0 saturated carbocycles. The summed E-state index contributed by atoms with van der Waals surface area (Å²) < 4.78 is 7.40. The van der Waals surface area contributed by atoms with E-state index in [0.717, 1.165) is 21.5 Å². The number of nitrogens with one attached hydrogen (secondary N) is 2. The molecule has 8 heteroatoms. The number of thiazole rings is 1. The zero-order valence-corrected chi connectivity index (χ0v) is 16.0. The minimum Gasteiger partial charge on any atom is -0.497 e. The number of benzene rings is 2. The van der Waals surface area contributed by atoms with E-state index in [2.05, 4.69) is 15.3 Å². The number of aromatic nitrogens is 3. The molecule has 2 N–H and O–H groups in total. The number of methoxy groups -OCH3 is 1. The lowest BCUT2D eigenvalue weighted by Gasteiger charge is -2.07. The summed E-state index contributed by atoms with van der Waals surface area (Å²) in [6.07, 6.45) is 0. The van der Waals surface area contributed by atoms with Crippen LogP contribution in [0, 0.1) is 0 Å². The highest BCUT2D eigenvalue weighted by Crippen LogP contribution is 2.29. The van der Waals surface area contributed by atoms with Gasteiger partial charge in [0.25, 0.3) is 5.56 Å². The Morgan fingerprint density at radius 3 is 2.71 bits per heavy atom. The van der Waals surface area contributed by atoms with Crippen molar-refractivity contribution >= 4 is 26.7 Å². The first kappa shape index (κ1) is 18.0. The topological polar surface area (TPSA) is 89.0 Å². The largest absolute Gasteiger partial charge is 0.497 e. The average Bonchev–Trinajstić information content (AvgIpc) is 3.12. The third kappa shape index (κ3) is 3.81. The van der Waals surface area contributed by atoms with Crippen molar-refractivity contribution in [3.05, 3.63) is 86.7 Å². The number of nitrogens with zero attached hydrogens (tertiary/aromatic N) is 2. The van der Waals surface area contributed by atoms with Crippen molar-refractivity contribution in [1.82, 2.24) is 14.5 Å². The standard InChI is InChI=1S/C20H18N4O3S/c1-27-15-7-8-16-17(10-15)28-19(23-16)21-11-14-9-18(25)24(20(26)22-14)12-13-5-3-2-4-6-13/h2-10H,11-12H2,1H3,(H,21,23)(H,22,26). The fourth-order valence-electron chi connectivity index (χ4n) is 2.86. The number of rotatable bonds is 6. The second-order valence-corrected chi connectivity index (χ2v) is 7.25. The Kier molecular flexibility index (Phi) is 4.94. The monoisotopic (exact) mass is 394 g/mol. The number of fused-ring (bicyclic) bond motifs is 1. The van der Waals surface area contributed by atoms with Gasteiger partial charge in [-0.05, 0) is 23.8 Å². The van der Waals surface area contributed by atoms with Gasteiger partial charge in [0.2, 0.25) is 0 Å². The Morgan fingerprint density at radius 2 is 1.96 bits per heavy atom. The molecule has 0 aliphatic carbocycles. The average molecular weight is 394 g/mol. The number of ether oxygens (including phenoxy) is 1. The maximum absolute atomic E-state index is 12.4. The van der Waals surface area contributed by atoms with Crippen molar-refractivity contribution in [2.45, 2.75) is 13.1 Å². The first-order valence-electron chi connectivity index (χ1n) is 8.68. The van der Waals surface area contributed by atoms with Crippen LogP contribution in [0.1, 0.15) is 11.3 Å². The lowest BCUT2D eigenvalue weighted by molar-refractivity contribution is 0.415. The third-order valence-corrected chi connectivity index (χ3v) is 5.26. The number of aromatic amines is 1. The van der Waals surface area contributed by atoms with E-state index in [-0.39, 0.29) is 12.1 Å². The normalized spacial score (nSPS) is 10.9. The first-order chi connectivity index (χ1) is 13.6. The number of hydrogen-bond donors (Lipinski definition) is 2. The summed E-state index contributed by atoms with van der Waals surface area (Å²) in [4.78, 5) is 32.0. The minimum atomic E-state index is -0.429. The molecule has 4 rings (SSSR count). The lowest BCUT2D eigenvalue weighted by atomic mass is 10.2. The van der Waals surface area contributed by atoms with Crippen LogP contribution in [0.15, 0.2) is 64.2 Å². The van der Waals surface area contributed by atoms with E-state index in [0.29, 0.717) is 17.4 Å². The van der Waals surface area contributed by atoms with Crippen LogP contribution in [0.25, 0.3) is 10.2 Å². The Hall–Kier alpha value is -3.39. The fraction of sp³-hybridized carbons (Fsp3) is 0.150. The second-order valence-electron chi connectivity index (χ2n) is 6.22. The van der Waals surface area contributed by atoms with Crippen LogP contribution in [0.5, 0.6) is 5.75 Å². The summed E-state index contributed by atoms with van der Waals surface area (Å²) in [7, 11) is 1.62. The Labute approximate surface area is 164 Å². The quantitative estimate of drug-likeness (QED) is 0.525. The van der Waals surface area contributed by atoms with Crippen LogP contribution in [-0.2, 0) is 13.1 Å². The summed E-state index contributed by atoms with van der Waals surface area (Å²) in [5, 5.41) is 3.87. The molecule has 0 unspecified atom stereocenters. The fourth-order valence-corrected chi connectivity index (χ4v) is 3.75. The van der Waals surface area contributed by atoms with Crippen LogP contribution in [0.4, 0.5) is 5.13 Å². The van der Waals surface area contributed by atoms with Crippen LogP contribution in [0.2, 0.25) is 0 Å². The maximum atomic E-state index is 12.4. The number of anilines is 1. The highest BCUT2D eigenvalue weighted by Gasteiger charge is 2.08. The van der Waals surface area contributed by atoms with Gasteiger partial charge in [-0.3, -0.25) is 9.36 Å². The zero-order chi connectivity index (χ0) is 19.5. The minimum absolute atomic E-state index is 0.239. The van der Waals surface area contributed by atoms with E-state index in [9.17, 15) is 9.59 Å². The van der Waals surface area contributed by atoms with Crippen molar-refractivity contribution in [3.8, 4) is 5.75 Å². The molecule has 0 atom stereocenters. The van der Waals surface area contributed by atoms with Crippen molar-refractivity contribution in [3.63, 3.8) is 0 Å². The molecule has 0 radical (unpaired) electrons. The Bertz CT molecular complexity index is 1200. The molecule has 0 saturated heterocycles. The van der Waals surface area contributed by atoms with Crippen molar-refractivity contribution in [1.29, 1.82) is 0 Å².